The van der Waals surface area contributed by atoms with Gasteiger partial charge in [-0.25, -0.2) is 0 Å². The minimum atomic E-state index is -0.458. The maximum atomic E-state index is 12.5. The molecule has 1 saturated heterocycles. The van der Waals surface area contributed by atoms with E-state index in [9.17, 15) is 14.9 Å². The zero-order valence-electron chi connectivity index (χ0n) is 16.8. The monoisotopic (exact) mass is 415 g/mol. The van der Waals surface area contributed by atoms with Crippen molar-refractivity contribution >= 4 is 17.5 Å². The molecule has 1 aliphatic rings. The van der Waals surface area contributed by atoms with Gasteiger partial charge in [0.25, 0.3) is 5.91 Å². The molecule has 0 spiro atoms. The van der Waals surface area contributed by atoms with Crippen LogP contribution in [0.3, 0.4) is 0 Å². The lowest BCUT2D eigenvalue weighted by molar-refractivity contribution is -0.130. The Hall–Kier alpha value is -4.12. The van der Waals surface area contributed by atoms with Gasteiger partial charge in [-0.15, -0.1) is 0 Å². The van der Waals surface area contributed by atoms with Gasteiger partial charge in [0.15, 0.2) is 11.5 Å². The van der Waals surface area contributed by atoms with Crippen LogP contribution in [0.25, 0.3) is 11.3 Å². The number of amides is 2. The number of carbonyl (C=O) groups is 2. The summed E-state index contributed by atoms with van der Waals surface area (Å²) in [4.78, 5) is 28.7. The van der Waals surface area contributed by atoms with Crippen molar-refractivity contribution in [3.05, 3.63) is 71.9 Å². The van der Waals surface area contributed by atoms with Crippen LogP contribution in [0, 0.1) is 11.3 Å². The molecule has 0 unspecified atom stereocenters. The molecule has 1 N–H and O–H groups in total. The number of para-hydroxylation sites is 1. The van der Waals surface area contributed by atoms with Crippen molar-refractivity contribution in [1.82, 2.24) is 15.4 Å². The molecule has 2 amide bonds. The quantitative estimate of drug-likeness (QED) is 0.686. The molecular weight excluding hydrogens is 394 g/mol. The van der Waals surface area contributed by atoms with Crippen molar-refractivity contribution in [2.75, 3.05) is 37.6 Å². The third-order valence-electron chi connectivity index (χ3n) is 5.20. The Labute approximate surface area is 179 Å². The average molecular weight is 415 g/mol. The number of carbonyl (C=O) groups excluding carboxylic acids is 2. The molecule has 2 heterocycles. The fourth-order valence-electron chi connectivity index (χ4n) is 3.52. The van der Waals surface area contributed by atoms with Crippen molar-refractivity contribution in [3.63, 3.8) is 0 Å². The van der Waals surface area contributed by atoms with Crippen LogP contribution in [-0.4, -0.2) is 54.6 Å². The molecule has 0 aliphatic carbocycles. The van der Waals surface area contributed by atoms with Crippen LogP contribution < -0.4 is 10.2 Å². The molecule has 1 fully saturated rings. The van der Waals surface area contributed by atoms with Gasteiger partial charge in [-0.2, -0.15) is 5.26 Å². The highest BCUT2D eigenvalue weighted by Crippen LogP contribution is 2.21. The van der Waals surface area contributed by atoms with Crippen molar-refractivity contribution < 1.29 is 14.1 Å². The molecule has 1 aromatic heterocycles. The van der Waals surface area contributed by atoms with E-state index < -0.39 is 5.91 Å². The van der Waals surface area contributed by atoms with E-state index in [1.165, 1.54) is 0 Å². The number of nitrogens with one attached hydrogen (secondary N) is 1. The lowest BCUT2D eigenvalue weighted by Gasteiger charge is -2.36. The summed E-state index contributed by atoms with van der Waals surface area (Å²) in [6.07, 6.45) is 0. The van der Waals surface area contributed by atoms with E-state index in [0.29, 0.717) is 37.5 Å². The van der Waals surface area contributed by atoms with Gasteiger partial charge >= 0.3 is 0 Å². The van der Waals surface area contributed by atoms with E-state index >= 15 is 0 Å². The average Bonchev–Trinajstić information content (AvgIpc) is 3.33. The summed E-state index contributed by atoms with van der Waals surface area (Å²) in [5.74, 6) is -0.125. The predicted octanol–water partition coefficient (Wildman–Crippen LogP) is 2.29. The minimum Gasteiger partial charge on any atom is -0.367 e. The highest BCUT2D eigenvalue weighted by Gasteiger charge is 2.23. The normalized spacial score (nSPS) is 13.5. The SMILES string of the molecule is N#Cc1ccccc1N1CCN(C(=O)CNC(=O)c2cc(-c3ccccc3)on2)CC1. The minimum absolute atomic E-state index is 0.110. The number of benzene rings is 2. The Kier molecular flexibility index (Phi) is 5.94. The van der Waals surface area contributed by atoms with Gasteiger partial charge in [0.05, 0.1) is 17.8 Å². The molecule has 31 heavy (non-hydrogen) atoms. The molecule has 4 rings (SSSR count). The lowest BCUT2D eigenvalue weighted by atomic mass is 10.1. The van der Waals surface area contributed by atoms with Gasteiger partial charge in [0, 0.05) is 37.8 Å². The first-order valence-electron chi connectivity index (χ1n) is 9.98. The van der Waals surface area contributed by atoms with Crippen LogP contribution in [0.15, 0.2) is 65.2 Å². The molecule has 1 aliphatic heterocycles. The van der Waals surface area contributed by atoms with Crippen LogP contribution in [0.1, 0.15) is 16.1 Å². The first kappa shape index (κ1) is 20.2. The number of rotatable bonds is 5. The molecule has 8 nitrogen and oxygen atoms in total. The number of nitrogens with zero attached hydrogens (tertiary/aromatic N) is 4. The van der Waals surface area contributed by atoms with Crippen molar-refractivity contribution in [1.29, 1.82) is 5.26 Å². The molecule has 0 radical (unpaired) electrons. The topological polar surface area (TPSA) is 102 Å². The zero-order valence-corrected chi connectivity index (χ0v) is 16.8. The number of aromatic nitrogens is 1. The molecule has 3 aromatic rings. The second-order valence-electron chi connectivity index (χ2n) is 7.12. The van der Waals surface area contributed by atoms with Crippen LogP contribution in [-0.2, 0) is 4.79 Å². The fraction of sp³-hybridized carbons (Fsp3) is 0.217. The van der Waals surface area contributed by atoms with Gasteiger partial charge < -0.3 is 19.6 Å². The van der Waals surface area contributed by atoms with Crippen LogP contribution >= 0.6 is 0 Å². The molecular formula is C23H21N5O3. The van der Waals surface area contributed by atoms with E-state index in [0.717, 1.165) is 11.3 Å². The van der Waals surface area contributed by atoms with Crippen LogP contribution in [0.2, 0.25) is 0 Å². The summed E-state index contributed by atoms with van der Waals surface area (Å²) < 4.78 is 5.23. The molecule has 0 bridgehead atoms. The van der Waals surface area contributed by atoms with Crippen molar-refractivity contribution in [2.24, 2.45) is 0 Å². The largest absolute Gasteiger partial charge is 0.367 e. The van der Waals surface area contributed by atoms with Gasteiger partial charge in [-0.05, 0) is 12.1 Å². The second-order valence-corrected chi connectivity index (χ2v) is 7.12. The molecule has 0 saturated carbocycles. The Bertz CT molecular complexity index is 1110. The predicted molar refractivity (Wildman–Crippen MR) is 114 cm³/mol. The molecule has 0 atom stereocenters. The standard InChI is InChI=1S/C23H21N5O3/c24-15-18-8-4-5-9-20(18)27-10-12-28(13-11-27)22(29)16-25-23(30)19-14-21(31-26-19)17-6-2-1-3-7-17/h1-9,14H,10-13,16H2,(H,25,30). The van der Waals surface area contributed by atoms with E-state index in [2.05, 4.69) is 21.4 Å². The van der Waals surface area contributed by atoms with Gasteiger partial charge in [0.1, 0.15) is 6.07 Å². The van der Waals surface area contributed by atoms with E-state index in [4.69, 9.17) is 4.52 Å². The van der Waals surface area contributed by atoms with Gasteiger partial charge in [0.2, 0.25) is 5.91 Å². The van der Waals surface area contributed by atoms with E-state index in [1.807, 2.05) is 48.5 Å². The Balaban J connectivity index is 1.28. The van der Waals surface area contributed by atoms with Crippen LogP contribution in [0.5, 0.6) is 0 Å². The summed E-state index contributed by atoms with van der Waals surface area (Å²) in [6, 6.07) is 20.5. The maximum absolute atomic E-state index is 12.5. The maximum Gasteiger partial charge on any atom is 0.273 e. The Morgan fingerprint density at radius 2 is 1.74 bits per heavy atom. The van der Waals surface area contributed by atoms with E-state index in [-0.39, 0.29) is 18.1 Å². The smallest absolute Gasteiger partial charge is 0.273 e. The first-order valence-corrected chi connectivity index (χ1v) is 9.98. The molecule has 156 valence electrons. The number of hydrogen-bond donors (Lipinski definition) is 1. The lowest BCUT2D eigenvalue weighted by Crippen LogP contribution is -2.51. The highest BCUT2D eigenvalue weighted by molar-refractivity contribution is 5.95. The van der Waals surface area contributed by atoms with Crippen molar-refractivity contribution in [3.8, 4) is 17.4 Å². The summed E-state index contributed by atoms with van der Waals surface area (Å²) in [7, 11) is 0. The number of nitriles is 1. The summed E-state index contributed by atoms with van der Waals surface area (Å²) in [5, 5.41) is 15.7. The summed E-state index contributed by atoms with van der Waals surface area (Å²) in [6.45, 7) is 2.19. The highest BCUT2D eigenvalue weighted by atomic mass is 16.5. The second kappa shape index (κ2) is 9.13. The molecule has 2 aromatic carbocycles. The first-order chi connectivity index (χ1) is 15.2. The summed E-state index contributed by atoms with van der Waals surface area (Å²) >= 11 is 0. The zero-order chi connectivity index (χ0) is 21.6. The Morgan fingerprint density at radius 3 is 2.48 bits per heavy atom. The van der Waals surface area contributed by atoms with E-state index in [1.54, 1.807) is 17.0 Å². The van der Waals surface area contributed by atoms with Gasteiger partial charge in [-0.1, -0.05) is 47.6 Å². The van der Waals surface area contributed by atoms with Crippen LogP contribution in [0.4, 0.5) is 5.69 Å². The number of anilines is 1. The number of hydrogen-bond acceptors (Lipinski definition) is 6. The fourth-order valence-corrected chi connectivity index (χ4v) is 3.52. The summed E-state index contributed by atoms with van der Waals surface area (Å²) in [5.41, 5.74) is 2.45. The number of piperazine rings is 1. The third-order valence-corrected chi connectivity index (χ3v) is 5.20. The Morgan fingerprint density at radius 1 is 1.03 bits per heavy atom. The third kappa shape index (κ3) is 4.56. The molecule has 8 heteroatoms. The van der Waals surface area contributed by atoms with Gasteiger partial charge in [-0.3, -0.25) is 9.59 Å². The van der Waals surface area contributed by atoms with Crippen molar-refractivity contribution in [2.45, 2.75) is 0 Å².